The van der Waals surface area contributed by atoms with Crippen molar-refractivity contribution in [3.8, 4) is 5.88 Å². The summed E-state index contributed by atoms with van der Waals surface area (Å²) in [7, 11) is 0.916. The summed E-state index contributed by atoms with van der Waals surface area (Å²) < 4.78 is 18.8. The predicted octanol–water partition coefficient (Wildman–Crippen LogP) is 2.26. The van der Waals surface area contributed by atoms with Crippen LogP contribution >= 0.6 is 11.6 Å². The molecule has 1 aliphatic heterocycles. The maximum atomic E-state index is 11.5. The van der Waals surface area contributed by atoms with Gasteiger partial charge in [-0.25, -0.2) is 4.98 Å². The molecule has 0 radical (unpaired) electrons. The molecule has 3 rings (SSSR count). The third kappa shape index (κ3) is 2.42. The number of hydrogen-bond donors (Lipinski definition) is 0. The average molecular weight is 314 g/mol. The zero-order chi connectivity index (χ0) is 14.1. The number of halogens is 1. The molecule has 7 heteroatoms. The van der Waals surface area contributed by atoms with Crippen LogP contribution in [0.1, 0.15) is 24.7 Å². The molecule has 1 aliphatic rings. The number of fused-ring (bicyclic) bond motifs is 1. The molecule has 3 heterocycles. The molecule has 0 aliphatic carbocycles. The quantitative estimate of drug-likeness (QED) is 0.816. The molecule has 2 aromatic heterocycles. The lowest BCUT2D eigenvalue weighted by Crippen LogP contribution is -2.23. The second kappa shape index (κ2) is 5.69. The maximum absolute atomic E-state index is 11.5. The lowest BCUT2D eigenvalue weighted by molar-refractivity contribution is 0.397. The zero-order valence-corrected chi connectivity index (χ0v) is 12.8. The van der Waals surface area contributed by atoms with E-state index in [-0.39, 0.29) is 6.04 Å². The normalized spacial score (nSPS) is 23.1. The number of hydrogen-bond acceptors (Lipinski definition) is 4. The third-order valence-corrected chi connectivity index (χ3v) is 5.26. The van der Waals surface area contributed by atoms with Gasteiger partial charge in [0, 0.05) is 34.4 Å². The molecule has 0 aromatic carbocycles. The van der Waals surface area contributed by atoms with E-state index in [4.69, 9.17) is 16.3 Å². The van der Waals surface area contributed by atoms with Crippen molar-refractivity contribution in [3.63, 3.8) is 0 Å². The van der Waals surface area contributed by atoms with Gasteiger partial charge in [0.15, 0.2) is 5.65 Å². The predicted molar refractivity (Wildman–Crippen MR) is 79.8 cm³/mol. The number of rotatable bonds is 3. The highest BCUT2D eigenvalue weighted by Gasteiger charge is 2.24. The number of imidazole rings is 1. The topological polar surface area (TPSA) is 57.0 Å². The number of ether oxygens (including phenoxy) is 1. The van der Waals surface area contributed by atoms with E-state index >= 15 is 0 Å². The van der Waals surface area contributed by atoms with E-state index in [1.54, 1.807) is 13.2 Å². The standard InChI is InChI=1S/C13H16ClN3O2S/c1-19-12-3-2-10-13(16-12)17(11(8-14)15-10)9-4-6-20(18)7-5-9/h2-3,9H,4-8H2,1H3. The Morgan fingerprint density at radius 1 is 1.40 bits per heavy atom. The van der Waals surface area contributed by atoms with Crippen molar-refractivity contribution in [3.05, 3.63) is 18.0 Å². The molecule has 1 fully saturated rings. The minimum Gasteiger partial charge on any atom is -0.481 e. The van der Waals surface area contributed by atoms with Crippen molar-refractivity contribution in [1.29, 1.82) is 0 Å². The Bertz CT molecular complexity index is 648. The average Bonchev–Trinajstić information content (AvgIpc) is 2.85. The molecule has 0 atom stereocenters. The number of pyridine rings is 1. The molecule has 0 N–H and O–H groups in total. The Labute approximate surface area is 124 Å². The van der Waals surface area contributed by atoms with Gasteiger partial charge in [-0.2, -0.15) is 4.98 Å². The van der Waals surface area contributed by atoms with Gasteiger partial charge in [0.2, 0.25) is 5.88 Å². The van der Waals surface area contributed by atoms with Gasteiger partial charge in [0.25, 0.3) is 0 Å². The fourth-order valence-electron chi connectivity index (χ4n) is 2.63. The van der Waals surface area contributed by atoms with Crippen LogP contribution in [0.25, 0.3) is 11.2 Å². The van der Waals surface area contributed by atoms with E-state index < -0.39 is 10.8 Å². The van der Waals surface area contributed by atoms with Gasteiger partial charge in [-0.15, -0.1) is 11.6 Å². The minimum absolute atomic E-state index is 0.269. The fraction of sp³-hybridized carbons (Fsp3) is 0.538. The largest absolute Gasteiger partial charge is 0.481 e. The monoisotopic (exact) mass is 313 g/mol. The summed E-state index contributed by atoms with van der Waals surface area (Å²) in [5.74, 6) is 3.20. The molecule has 0 amide bonds. The van der Waals surface area contributed by atoms with Crippen LogP contribution in [0.15, 0.2) is 12.1 Å². The minimum atomic E-state index is -0.683. The van der Waals surface area contributed by atoms with E-state index in [9.17, 15) is 4.21 Å². The van der Waals surface area contributed by atoms with E-state index in [1.165, 1.54) is 0 Å². The summed E-state index contributed by atoms with van der Waals surface area (Å²) in [6.45, 7) is 0. The van der Waals surface area contributed by atoms with Crippen LogP contribution in [0.3, 0.4) is 0 Å². The number of alkyl halides is 1. The summed E-state index contributed by atoms with van der Waals surface area (Å²) in [6.07, 6.45) is 1.75. The van der Waals surface area contributed by atoms with Crippen LogP contribution in [-0.2, 0) is 16.7 Å². The Morgan fingerprint density at radius 2 is 2.15 bits per heavy atom. The van der Waals surface area contributed by atoms with Gasteiger partial charge < -0.3 is 9.30 Å². The van der Waals surface area contributed by atoms with E-state index in [1.807, 2.05) is 6.07 Å². The molecular formula is C13H16ClN3O2S. The molecule has 0 saturated carbocycles. The first-order chi connectivity index (χ1) is 9.72. The highest BCUT2D eigenvalue weighted by molar-refractivity contribution is 7.85. The van der Waals surface area contributed by atoms with Crippen LogP contribution in [0.2, 0.25) is 0 Å². The SMILES string of the molecule is COc1ccc2nc(CCl)n(C3CCS(=O)CC3)c2n1. The van der Waals surface area contributed by atoms with Crippen molar-refractivity contribution >= 4 is 33.6 Å². The number of methoxy groups -OCH3 is 1. The summed E-state index contributed by atoms with van der Waals surface area (Å²) in [5.41, 5.74) is 1.63. The van der Waals surface area contributed by atoms with Gasteiger partial charge in [-0.05, 0) is 18.9 Å². The number of nitrogens with zero attached hydrogens (tertiary/aromatic N) is 3. The van der Waals surface area contributed by atoms with Crippen LogP contribution in [-0.4, -0.2) is 37.4 Å². The van der Waals surface area contributed by atoms with E-state index in [2.05, 4.69) is 14.5 Å². The Kier molecular flexibility index (Phi) is 3.94. The van der Waals surface area contributed by atoms with Crippen molar-refractivity contribution in [2.24, 2.45) is 0 Å². The van der Waals surface area contributed by atoms with Crippen LogP contribution in [0.4, 0.5) is 0 Å². The van der Waals surface area contributed by atoms with Crippen LogP contribution in [0, 0.1) is 0 Å². The molecule has 0 unspecified atom stereocenters. The molecule has 0 spiro atoms. The maximum Gasteiger partial charge on any atom is 0.215 e. The lowest BCUT2D eigenvalue weighted by Gasteiger charge is -2.24. The molecule has 0 bridgehead atoms. The molecule has 2 aromatic rings. The third-order valence-electron chi connectivity index (χ3n) is 3.64. The van der Waals surface area contributed by atoms with E-state index in [0.29, 0.717) is 11.8 Å². The highest BCUT2D eigenvalue weighted by atomic mass is 35.5. The van der Waals surface area contributed by atoms with Crippen LogP contribution < -0.4 is 4.74 Å². The molecule has 5 nitrogen and oxygen atoms in total. The van der Waals surface area contributed by atoms with E-state index in [0.717, 1.165) is 41.3 Å². The van der Waals surface area contributed by atoms with Crippen molar-refractivity contribution in [1.82, 2.24) is 14.5 Å². The highest BCUT2D eigenvalue weighted by Crippen LogP contribution is 2.29. The molecule has 20 heavy (non-hydrogen) atoms. The summed E-state index contributed by atoms with van der Waals surface area (Å²) in [5, 5.41) is 0. The smallest absolute Gasteiger partial charge is 0.215 e. The molecule has 1 saturated heterocycles. The Balaban J connectivity index is 2.08. The summed E-state index contributed by atoms with van der Waals surface area (Å²) >= 11 is 6.02. The van der Waals surface area contributed by atoms with Crippen molar-refractivity contribution < 1.29 is 8.95 Å². The zero-order valence-electron chi connectivity index (χ0n) is 11.2. The summed E-state index contributed by atoms with van der Waals surface area (Å²) in [4.78, 5) is 9.04. The first-order valence-electron chi connectivity index (χ1n) is 6.55. The first-order valence-corrected chi connectivity index (χ1v) is 8.58. The Morgan fingerprint density at radius 3 is 2.80 bits per heavy atom. The lowest BCUT2D eigenvalue weighted by atomic mass is 10.1. The van der Waals surface area contributed by atoms with Gasteiger partial charge in [-0.3, -0.25) is 4.21 Å². The summed E-state index contributed by atoms with van der Waals surface area (Å²) in [6, 6.07) is 3.97. The fourth-order valence-corrected chi connectivity index (χ4v) is 4.10. The first kappa shape index (κ1) is 13.8. The molecule has 108 valence electrons. The van der Waals surface area contributed by atoms with Crippen molar-refractivity contribution in [2.75, 3.05) is 18.6 Å². The van der Waals surface area contributed by atoms with Crippen molar-refractivity contribution in [2.45, 2.75) is 24.8 Å². The second-order valence-corrected chi connectivity index (χ2v) is 6.77. The number of aromatic nitrogens is 3. The molecular weight excluding hydrogens is 298 g/mol. The van der Waals surface area contributed by atoms with Gasteiger partial charge in [-0.1, -0.05) is 0 Å². The van der Waals surface area contributed by atoms with Crippen LogP contribution in [0.5, 0.6) is 5.88 Å². The Hall–Kier alpha value is -1.14. The van der Waals surface area contributed by atoms with Gasteiger partial charge in [0.1, 0.15) is 11.3 Å². The van der Waals surface area contributed by atoms with Gasteiger partial charge in [0.05, 0.1) is 13.0 Å². The second-order valence-electron chi connectivity index (χ2n) is 4.81. The van der Waals surface area contributed by atoms with Gasteiger partial charge >= 0.3 is 0 Å².